The molecular formula is C29H29N5O8S. The molecule has 1 amide bonds. The molecule has 0 aliphatic carbocycles. The molecule has 2 aromatic heterocycles. The van der Waals surface area contributed by atoms with Gasteiger partial charge in [0.25, 0.3) is 15.9 Å². The van der Waals surface area contributed by atoms with Gasteiger partial charge in [-0.3, -0.25) is 19.8 Å². The SMILES string of the molecule is O=C(NS(=O)(=O)c1ccc(OCC2CCN(C3COC3)CC2)c([N+](=O)[O-])c1)c1ccccc1Oc1cnc2[nH]ccc2c1. The maximum absolute atomic E-state index is 13.1. The number of pyridine rings is 1. The number of carbonyl (C=O) groups is 1. The molecule has 2 aliphatic rings. The van der Waals surface area contributed by atoms with Gasteiger partial charge in [0, 0.05) is 17.6 Å². The van der Waals surface area contributed by atoms with Crippen LogP contribution in [0.15, 0.2) is 71.9 Å². The van der Waals surface area contributed by atoms with E-state index < -0.39 is 31.4 Å². The van der Waals surface area contributed by atoms with Gasteiger partial charge in [0.05, 0.1) is 47.4 Å². The van der Waals surface area contributed by atoms with Crippen LogP contribution in [0.2, 0.25) is 0 Å². The second-order valence-corrected chi connectivity index (χ2v) is 12.2. The summed E-state index contributed by atoms with van der Waals surface area (Å²) in [6, 6.07) is 13.4. The highest BCUT2D eigenvalue weighted by molar-refractivity contribution is 7.90. The highest BCUT2D eigenvalue weighted by Gasteiger charge is 2.31. The van der Waals surface area contributed by atoms with Crippen molar-refractivity contribution in [3.63, 3.8) is 0 Å². The fourth-order valence-corrected chi connectivity index (χ4v) is 6.12. The minimum Gasteiger partial charge on any atom is -0.487 e. The van der Waals surface area contributed by atoms with E-state index in [4.69, 9.17) is 14.2 Å². The number of benzene rings is 2. The van der Waals surface area contributed by atoms with Gasteiger partial charge < -0.3 is 19.2 Å². The lowest BCUT2D eigenvalue weighted by atomic mass is 9.96. The lowest BCUT2D eigenvalue weighted by molar-refractivity contribution is -0.386. The normalized spacial score (nSPS) is 16.5. The molecule has 14 heteroatoms. The molecule has 0 saturated carbocycles. The average Bonchev–Trinajstić information content (AvgIpc) is 3.44. The van der Waals surface area contributed by atoms with Crippen LogP contribution in [0.25, 0.3) is 11.0 Å². The maximum atomic E-state index is 13.1. The number of H-pyrrole nitrogens is 1. The zero-order valence-electron chi connectivity index (χ0n) is 23.0. The number of likely N-dealkylation sites (tertiary alicyclic amines) is 1. The number of amides is 1. The lowest BCUT2D eigenvalue weighted by Gasteiger charge is -2.41. The lowest BCUT2D eigenvalue weighted by Crippen LogP contribution is -2.52. The summed E-state index contributed by atoms with van der Waals surface area (Å²) < 4.78 is 45.2. The smallest absolute Gasteiger partial charge is 0.312 e. The van der Waals surface area contributed by atoms with Crippen LogP contribution in [0.4, 0.5) is 5.69 Å². The molecule has 0 atom stereocenters. The van der Waals surface area contributed by atoms with Crippen molar-refractivity contribution >= 4 is 32.7 Å². The molecule has 0 unspecified atom stereocenters. The molecular weight excluding hydrogens is 578 g/mol. The van der Waals surface area contributed by atoms with Crippen LogP contribution in [0, 0.1) is 16.0 Å². The predicted molar refractivity (Wildman–Crippen MR) is 155 cm³/mol. The molecule has 2 fully saturated rings. The Kier molecular flexibility index (Phi) is 7.97. The fraction of sp³-hybridized carbons (Fsp3) is 0.310. The Labute approximate surface area is 247 Å². The summed E-state index contributed by atoms with van der Waals surface area (Å²) in [6.45, 7) is 3.61. The van der Waals surface area contributed by atoms with Crippen LogP contribution in [0.3, 0.4) is 0 Å². The number of carbonyl (C=O) groups excluding carboxylic acids is 1. The average molecular weight is 608 g/mol. The maximum Gasteiger partial charge on any atom is 0.312 e. The van der Waals surface area contributed by atoms with Crippen molar-refractivity contribution in [2.45, 2.75) is 23.8 Å². The van der Waals surface area contributed by atoms with Crippen molar-refractivity contribution < 1.29 is 32.3 Å². The molecule has 4 heterocycles. The van der Waals surface area contributed by atoms with E-state index in [0.717, 1.165) is 50.6 Å². The number of aromatic amines is 1. The van der Waals surface area contributed by atoms with E-state index in [-0.39, 0.29) is 29.6 Å². The summed E-state index contributed by atoms with van der Waals surface area (Å²) in [6.07, 6.45) is 4.99. The third-order valence-electron chi connectivity index (χ3n) is 7.66. The number of nitrogens with zero attached hydrogens (tertiary/aromatic N) is 3. The Morgan fingerprint density at radius 1 is 1.12 bits per heavy atom. The van der Waals surface area contributed by atoms with Crippen molar-refractivity contribution in [3.05, 3.63) is 82.7 Å². The molecule has 43 heavy (non-hydrogen) atoms. The number of rotatable bonds is 10. The quantitative estimate of drug-likeness (QED) is 0.200. The van der Waals surface area contributed by atoms with Gasteiger partial charge in [-0.2, -0.15) is 0 Å². The first-order chi connectivity index (χ1) is 20.8. The number of ether oxygens (including phenoxy) is 3. The van der Waals surface area contributed by atoms with E-state index in [2.05, 4.69) is 14.9 Å². The van der Waals surface area contributed by atoms with Crippen LogP contribution in [-0.2, 0) is 14.8 Å². The van der Waals surface area contributed by atoms with Gasteiger partial charge in [-0.1, -0.05) is 12.1 Å². The first kappa shape index (κ1) is 28.6. The van der Waals surface area contributed by atoms with Gasteiger partial charge in [0.15, 0.2) is 5.75 Å². The zero-order valence-corrected chi connectivity index (χ0v) is 23.8. The second-order valence-electron chi connectivity index (χ2n) is 10.5. The van der Waals surface area contributed by atoms with E-state index >= 15 is 0 Å². The van der Waals surface area contributed by atoms with E-state index in [1.807, 2.05) is 10.8 Å². The minimum atomic E-state index is -4.49. The number of hydrogen-bond acceptors (Lipinski definition) is 10. The number of fused-ring (bicyclic) bond motifs is 1. The van der Waals surface area contributed by atoms with Gasteiger partial charge >= 0.3 is 5.69 Å². The summed E-state index contributed by atoms with van der Waals surface area (Å²) in [5, 5.41) is 12.6. The number of nitro benzene ring substituents is 1. The first-order valence-electron chi connectivity index (χ1n) is 13.8. The Hall–Kier alpha value is -4.53. The van der Waals surface area contributed by atoms with Gasteiger partial charge in [0.2, 0.25) is 0 Å². The number of aromatic nitrogens is 2. The molecule has 224 valence electrons. The molecule has 13 nitrogen and oxygen atoms in total. The summed E-state index contributed by atoms with van der Waals surface area (Å²) in [7, 11) is -4.49. The van der Waals surface area contributed by atoms with Crippen LogP contribution in [0.5, 0.6) is 17.2 Å². The molecule has 2 aliphatic heterocycles. The molecule has 0 spiro atoms. The largest absolute Gasteiger partial charge is 0.487 e. The fourth-order valence-electron chi connectivity index (χ4n) is 5.14. The van der Waals surface area contributed by atoms with E-state index in [9.17, 15) is 23.3 Å². The number of nitrogens with one attached hydrogen (secondary N) is 2. The van der Waals surface area contributed by atoms with Crippen molar-refractivity contribution in [1.29, 1.82) is 0 Å². The standard InChI is InChI=1S/C29H29N5O8S/c35-29(24-3-1-2-4-26(24)42-22-13-20-7-10-30-28(20)31-15-22)32-43(38,39)23-5-6-27(25(14-23)34(36)37)41-16-19-8-11-33(12-9-19)21-17-40-18-21/h1-7,10,13-15,19,21H,8-9,11-12,16-18H2,(H,30,31)(H,32,35). The Bertz CT molecular complexity index is 1760. The molecule has 0 radical (unpaired) electrons. The van der Waals surface area contributed by atoms with Crippen molar-refractivity contribution in [2.75, 3.05) is 32.9 Å². The summed E-state index contributed by atoms with van der Waals surface area (Å²) >= 11 is 0. The Balaban J connectivity index is 1.13. The summed E-state index contributed by atoms with van der Waals surface area (Å²) in [5.41, 5.74) is 0.108. The number of piperidine rings is 1. The Morgan fingerprint density at radius 3 is 2.65 bits per heavy atom. The first-order valence-corrected chi connectivity index (χ1v) is 15.3. The van der Waals surface area contributed by atoms with Crippen LogP contribution in [-0.4, -0.2) is 73.1 Å². The molecule has 2 saturated heterocycles. The Morgan fingerprint density at radius 2 is 1.91 bits per heavy atom. The van der Waals surface area contributed by atoms with E-state index in [0.29, 0.717) is 17.4 Å². The predicted octanol–water partition coefficient (Wildman–Crippen LogP) is 3.87. The van der Waals surface area contributed by atoms with Gasteiger partial charge in [0.1, 0.15) is 17.1 Å². The monoisotopic (exact) mass is 607 g/mol. The summed E-state index contributed by atoms with van der Waals surface area (Å²) in [5.74, 6) is -0.318. The van der Waals surface area contributed by atoms with Crippen molar-refractivity contribution in [1.82, 2.24) is 19.6 Å². The molecule has 0 bridgehead atoms. The molecule has 2 N–H and O–H groups in total. The third kappa shape index (κ3) is 6.30. The van der Waals surface area contributed by atoms with Gasteiger partial charge in [-0.05, 0) is 68.2 Å². The third-order valence-corrected chi connectivity index (χ3v) is 8.99. The van der Waals surface area contributed by atoms with Gasteiger partial charge in [-0.25, -0.2) is 18.1 Å². The topological polar surface area (TPSA) is 166 Å². The van der Waals surface area contributed by atoms with Gasteiger partial charge in [-0.15, -0.1) is 0 Å². The van der Waals surface area contributed by atoms with Crippen LogP contribution >= 0.6 is 0 Å². The highest BCUT2D eigenvalue weighted by Crippen LogP contribution is 2.32. The number of nitro groups is 1. The van der Waals surface area contributed by atoms with Crippen molar-refractivity contribution in [3.8, 4) is 17.2 Å². The number of sulfonamides is 1. The van der Waals surface area contributed by atoms with Crippen molar-refractivity contribution in [2.24, 2.45) is 5.92 Å². The molecule has 6 rings (SSSR count). The zero-order chi connectivity index (χ0) is 30.0. The number of hydrogen-bond donors (Lipinski definition) is 2. The minimum absolute atomic E-state index is 0.0307. The molecule has 4 aromatic rings. The summed E-state index contributed by atoms with van der Waals surface area (Å²) in [4.78, 5) is 33.4. The van der Waals surface area contributed by atoms with Crippen LogP contribution in [0.1, 0.15) is 23.2 Å². The van der Waals surface area contributed by atoms with E-state index in [1.54, 1.807) is 24.4 Å². The highest BCUT2D eigenvalue weighted by atomic mass is 32.2. The molecule has 2 aromatic carbocycles. The van der Waals surface area contributed by atoms with Crippen LogP contribution < -0.4 is 14.2 Å². The van der Waals surface area contributed by atoms with E-state index in [1.165, 1.54) is 30.5 Å². The number of para-hydroxylation sites is 1. The second kappa shape index (κ2) is 12.0.